The number of thiocarbonyl (C=S) groups is 1. The van der Waals surface area contributed by atoms with E-state index < -0.39 is 0 Å². The van der Waals surface area contributed by atoms with Gasteiger partial charge in [0.1, 0.15) is 11.6 Å². The molecule has 0 aliphatic carbocycles. The Balaban J connectivity index is 1.79. The molecule has 0 spiro atoms. The van der Waals surface area contributed by atoms with E-state index in [-0.39, 0.29) is 28.1 Å². The molecule has 7 heteroatoms. The number of allylic oxidation sites excluding steroid dienone is 1. The fourth-order valence-corrected chi connectivity index (χ4v) is 2.75. The Bertz CT molecular complexity index is 882. The molecule has 1 aromatic carbocycles. The fourth-order valence-electron chi connectivity index (χ4n) is 2.43. The van der Waals surface area contributed by atoms with E-state index in [4.69, 9.17) is 16.6 Å². The van der Waals surface area contributed by atoms with Gasteiger partial charge in [-0.15, -0.1) is 0 Å². The first-order chi connectivity index (χ1) is 12.1. The van der Waals surface area contributed by atoms with Gasteiger partial charge in [-0.3, -0.25) is 14.5 Å². The summed E-state index contributed by atoms with van der Waals surface area (Å²) in [6, 6.07) is 13.6. The molecule has 1 aromatic heterocycles. The van der Waals surface area contributed by atoms with Crippen molar-refractivity contribution in [1.82, 2.24) is 9.80 Å². The highest BCUT2D eigenvalue weighted by Gasteiger charge is 2.31. The number of hydrogen-bond donors (Lipinski definition) is 0. The quantitative estimate of drug-likeness (QED) is 0.365. The molecule has 1 amide bonds. The molecule has 0 N–H and O–H groups in total. The van der Waals surface area contributed by atoms with Crippen molar-refractivity contribution in [3.05, 3.63) is 71.8 Å². The van der Waals surface area contributed by atoms with Crippen molar-refractivity contribution in [3.8, 4) is 6.07 Å². The van der Waals surface area contributed by atoms with Crippen LogP contribution in [0.2, 0.25) is 0 Å². The summed E-state index contributed by atoms with van der Waals surface area (Å²) in [5.74, 6) is -0.547. The van der Waals surface area contributed by atoms with Crippen molar-refractivity contribution in [2.24, 2.45) is 0 Å². The minimum atomic E-state index is -0.387. The number of ketones is 1. The van der Waals surface area contributed by atoms with Crippen LogP contribution in [0.3, 0.4) is 0 Å². The van der Waals surface area contributed by atoms with Crippen LogP contribution in [0.15, 0.2) is 64.9 Å². The van der Waals surface area contributed by atoms with Gasteiger partial charge in [0.15, 0.2) is 10.9 Å². The number of nitrogens with zero attached hydrogens (tertiary/aromatic N) is 3. The smallest absolute Gasteiger partial charge is 0.295 e. The maximum atomic E-state index is 12.4. The molecule has 2 heterocycles. The van der Waals surface area contributed by atoms with Crippen LogP contribution in [-0.2, 0) is 0 Å². The predicted octanol–water partition coefficient (Wildman–Crippen LogP) is 2.61. The monoisotopic (exact) mass is 351 g/mol. The zero-order valence-corrected chi connectivity index (χ0v) is 13.9. The Morgan fingerprint density at radius 1 is 1.16 bits per heavy atom. The lowest BCUT2D eigenvalue weighted by molar-refractivity contribution is 0.0830. The highest BCUT2D eigenvalue weighted by molar-refractivity contribution is 7.80. The number of nitriles is 1. The summed E-state index contributed by atoms with van der Waals surface area (Å²) in [6.07, 6.45) is 2.81. The van der Waals surface area contributed by atoms with Crippen LogP contribution in [-0.4, -0.2) is 39.7 Å². The maximum absolute atomic E-state index is 12.4. The van der Waals surface area contributed by atoms with Gasteiger partial charge in [0.2, 0.25) is 5.78 Å². The molecule has 0 bridgehead atoms. The van der Waals surface area contributed by atoms with Crippen LogP contribution < -0.4 is 0 Å². The summed E-state index contributed by atoms with van der Waals surface area (Å²) in [5.41, 5.74) is 0.379. The minimum Gasteiger partial charge on any atom is -0.459 e. The predicted molar refractivity (Wildman–Crippen MR) is 93.5 cm³/mol. The summed E-state index contributed by atoms with van der Waals surface area (Å²) in [6.45, 7) is 0.756. The molecule has 0 atom stereocenters. The molecule has 0 unspecified atom stereocenters. The number of carbonyl (C=O) groups is 2. The van der Waals surface area contributed by atoms with Gasteiger partial charge in [-0.2, -0.15) is 5.26 Å². The first-order valence-electron chi connectivity index (χ1n) is 7.49. The van der Waals surface area contributed by atoms with Gasteiger partial charge >= 0.3 is 0 Å². The lowest BCUT2D eigenvalue weighted by atomic mass is 10.1. The first kappa shape index (κ1) is 16.6. The molecule has 1 aliphatic heterocycles. The van der Waals surface area contributed by atoms with E-state index in [2.05, 4.69) is 0 Å². The van der Waals surface area contributed by atoms with Gasteiger partial charge in [-0.25, -0.2) is 0 Å². The second-order valence-corrected chi connectivity index (χ2v) is 5.62. The lowest BCUT2D eigenvalue weighted by Crippen LogP contribution is -2.34. The van der Waals surface area contributed by atoms with Gasteiger partial charge in [-0.05, 0) is 24.4 Å². The molecule has 3 rings (SSSR count). The van der Waals surface area contributed by atoms with Gasteiger partial charge in [0, 0.05) is 24.9 Å². The average molecular weight is 351 g/mol. The molecule has 25 heavy (non-hydrogen) atoms. The summed E-state index contributed by atoms with van der Waals surface area (Å²) < 4.78 is 5.10. The highest BCUT2D eigenvalue weighted by atomic mass is 32.1. The Kier molecular flexibility index (Phi) is 4.73. The molecular weight excluding hydrogens is 338 g/mol. The normalized spacial score (nSPS) is 14.5. The van der Waals surface area contributed by atoms with Crippen LogP contribution in [0.5, 0.6) is 0 Å². The zero-order valence-electron chi connectivity index (χ0n) is 13.1. The number of Topliss-reactive ketones (excluding diaryl/α,β-unsaturated/α-hetero) is 1. The number of rotatable bonds is 4. The molecule has 6 nitrogen and oxygen atoms in total. The van der Waals surface area contributed by atoms with Gasteiger partial charge in [0.25, 0.3) is 5.91 Å². The number of carbonyl (C=O) groups excluding carboxylic acids is 2. The largest absolute Gasteiger partial charge is 0.459 e. The minimum absolute atomic E-state index is 0.0409. The highest BCUT2D eigenvalue weighted by Crippen LogP contribution is 2.17. The average Bonchev–Trinajstić information content (AvgIpc) is 3.30. The molecule has 0 radical (unpaired) electrons. The van der Waals surface area contributed by atoms with E-state index in [0.717, 1.165) is 0 Å². The van der Waals surface area contributed by atoms with E-state index in [1.807, 2.05) is 6.07 Å². The van der Waals surface area contributed by atoms with Crippen molar-refractivity contribution < 1.29 is 14.0 Å². The van der Waals surface area contributed by atoms with Crippen LogP contribution >= 0.6 is 12.2 Å². The number of furan rings is 1. The standard InChI is InChI=1S/C18H13N3O3S/c19-11-14(16(22)13-5-2-1-3-6-13)12-20-8-9-21(18(20)25)17(23)15-7-4-10-24-15/h1-7,10,12H,8-9H2/b14-12+. The van der Waals surface area contributed by atoms with Crippen LogP contribution in [0.1, 0.15) is 20.9 Å². The molecule has 124 valence electrons. The summed E-state index contributed by atoms with van der Waals surface area (Å²) in [7, 11) is 0. The van der Waals surface area contributed by atoms with E-state index >= 15 is 0 Å². The van der Waals surface area contributed by atoms with Crippen molar-refractivity contribution >= 4 is 29.0 Å². The van der Waals surface area contributed by atoms with Gasteiger partial charge < -0.3 is 9.32 Å². The second-order valence-electron chi connectivity index (χ2n) is 5.26. The molecule has 0 saturated carbocycles. The molecule has 1 saturated heterocycles. The number of amides is 1. The molecule has 2 aromatic rings. The van der Waals surface area contributed by atoms with Crippen molar-refractivity contribution in [2.45, 2.75) is 0 Å². The van der Waals surface area contributed by atoms with Crippen molar-refractivity contribution in [1.29, 1.82) is 5.26 Å². The van der Waals surface area contributed by atoms with Crippen molar-refractivity contribution in [3.63, 3.8) is 0 Å². The van der Waals surface area contributed by atoms with Crippen LogP contribution in [0.4, 0.5) is 0 Å². The maximum Gasteiger partial charge on any atom is 0.295 e. The van der Waals surface area contributed by atoms with Gasteiger partial charge in [-0.1, -0.05) is 30.3 Å². The first-order valence-corrected chi connectivity index (χ1v) is 7.90. The van der Waals surface area contributed by atoms with Gasteiger partial charge in [0.05, 0.1) is 6.26 Å². The topological polar surface area (TPSA) is 77.6 Å². The van der Waals surface area contributed by atoms with E-state index in [1.54, 1.807) is 47.4 Å². The van der Waals surface area contributed by atoms with E-state index in [0.29, 0.717) is 18.7 Å². The number of benzene rings is 1. The van der Waals surface area contributed by atoms with E-state index in [9.17, 15) is 14.9 Å². The molecule has 1 fully saturated rings. The number of hydrogen-bond acceptors (Lipinski definition) is 5. The third-order valence-corrected chi connectivity index (χ3v) is 4.16. The third-order valence-electron chi connectivity index (χ3n) is 3.70. The zero-order chi connectivity index (χ0) is 17.8. The molecular formula is C18H13N3O3S. The second kappa shape index (κ2) is 7.11. The Morgan fingerprint density at radius 3 is 2.56 bits per heavy atom. The van der Waals surface area contributed by atoms with Crippen LogP contribution in [0.25, 0.3) is 0 Å². The Labute approximate surface area is 149 Å². The summed E-state index contributed by atoms with van der Waals surface area (Å²) in [5, 5.41) is 9.56. The third kappa shape index (κ3) is 3.34. The fraction of sp³-hybridized carbons (Fsp3) is 0.111. The summed E-state index contributed by atoms with van der Waals surface area (Å²) in [4.78, 5) is 27.7. The van der Waals surface area contributed by atoms with Crippen LogP contribution in [0, 0.1) is 11.3 Å². The Morgan fingerprint density at radius 2 is 1.92 bits per heavy atom. The van der Waals surface area contributed by atoms with E-state index in [1.165, 1.54) is 17.4 Å². The summed E-state index contributed by atoms with van der Waals surface area (Å²) >= 11 is 5.31. The SMILES string of the molecule is N#C/C(=C\N1CCN(C(=O)c2ccco2)C1=S)C(=O)c1ccccc1. The molecule has 1 aliphatic rings. The lowest BCUT2D eigenvalue weighted by Gasteiger charge is -2.17. The Hall–Kier alpha value is -3.24. The van der Waals surface area contributed by atoms with Crippen molar-refractivity contribution in [2.75, 3.05) is 13.1 Å².